The number of para-hydroxylation sites is 2. The Morgan fingerprint density at radius 2 is 1.81 bits per heavy atom. The van der Waals surface area contributed by atoms with Gasteiger partial charge >= 0.3 is 6.03 Å². The maximum Gasteiger partial charge on any atom is 0.325 e. The lowest BCUT2D eigenvalue weighted by molar-refractivity contribution is 0.262. The fraction of sp³-hybridized carbons (Fsp3) is 0.125. The van der Waals surface area contributed by atoms with Crippen LogP contribution in [0.15, 0.2) is 42.5 Å². The summed E-state index contributed by atoms with van der Waals surface area (Å²) >= 11 is 1.47. The van der Waals surface area contributed by atoms with Crippen LogP contribution in [0.1, 0.15) is 14.0 Å². The van der Waals surface area contributed by atoms with Crippen molar-refractivity contribution in [1.29, 1.82) is 0 Å². The van der Waals surface area contributed by atoms with Crippen LogP contribution in [0.2, 0.25) is 0 Å². The quantitative estimate of drug-likeness (QED) is 0.696. The molecule has 0 fully saturated rings. The van der Waals surface area contributed by atoms with Gasteiger partial charge < -0.3 is 5.32 Å². The fourth-order valence-corrected chi connectivity index (χ4v) is 3.04. The molecule has 0 aliphatic rings. The average Bonchev–Trinajstić information content (AvgIpc) is 2.85. The molecule has 1 heterocycles. The van der Waals surface area contributed by atoms with Crippen molar-refractivity contribution in [2.45, 2.75) is 13.8 Å². The molecular weight excluding hydrogens is 282 g/mol. The van der Waals surface area contributed by atoms with Crippen LogP contribution in [0.3, 0.4) is 0 Å². The van der Waals surface area contributed by atoms with Crippen LogP contribution < -0.4 is 10.6 Å². The first-order valence-corrected chi connectivity index (χ1v) is 7.45. The van der Waals surface area contributed by atoms with E-state index in [4.69, 9.17) is 0 Å². The summed E-state index contributed by atoms with van der Waals surface area (Å²) < 4.78 is 1.07. The van der Waals surface area contributed by atoms with Gasteiger partial charge in [-0.1, -0.05) is 41.7 Å². The largest absolute Gasteiger partial charge is 0.325 e. The molecule has 0 atom stereocenters. The summed E-state index contributed by atoms with van der Waals surface area (Å²) in [6, 6.07) is 13.4. The molecule has 2 N–H and O–H groups in total. The van der Waals surface area contributed by atoms with Gasteiger partial charge in [0.2, 0.25) is 0 Å². The Morgan fingerprint density at radius 1 is 1.05 bits per heavy atom. The van der Waals surface area contributed by atoms with Crippen LogP contribution in [0.25, 0.3) is 10.2 Å². The van der Waals surface area contributed by atoms with Gasteiger partial charge in [0, 0.05) is 8.54 Å². The number of carbonyl (C=O) groups is 1. The summed E-state index contributed by atoms with van der Waals surface area (Å²) in [6.45, 7) is 3.97. The number of nitrogens with one attached hydrogen (secondary N) is 2. The summed E-state index contributed by atoms with van der Waals surface area (Å²) in [7, 11) is 0. The number of hydrogen-bond acceptors (Lipinski definition) is 3. The monoisotopic (exact) mass is 301 g/mol. The molecule has 110 valence electrons. The molecule has 0 aliphatic heterocycles. The number of thiazole rings is 1. The molecule has 21 heavy (non-hydrogen) atoms. The normalized spacial score (nSPS) is 10.6. The highest BCUT2D eigenvalue weighted by Crippen LogP contribution is 2.28. The van der Waals surface area contributed by atoms with E-state index in [1.54, 1.807) is 0 Å². The molecule has 3 rings (SSSR count). The van der Waals surface area contributed by atoms with Crippen molar-refractivity contribution in [1.82, 2.24) is 4.98 Å². The van der Waals surface area contributed by atoms with Crippen molar-refractivity contribution in [3.8, 4) is 0 Å². The van der Waals surface area contributed by atoms with Crippen LogP contribution in [0.4, 0.5) is 15.6 Å². The van der Waals surface area contributed by atoms with Gasteiger partial charge in [-0.05, 0) is 37.1 Å². The number of anilines is 2. The second-order valence-electron chi connectivity index (χ2n) is 4.83. The smallest absolute Gasteiger partial charge is 0.307 e. The van der Waals surface area contributed by atoms with Gasteiger partial charge in [0.25, 0.3) is 0 Å². The standard InChI is InChI=1S/C16H15N3OS.2H2/c1-10-6-3-4-8-12(10)17-15(20)19-16-18-14-11(2)7-5-9-13(14)21-16;;/h3-9H,1-2H3,(H2,17,18,19,20);2*1H. The van der Waals surface area contributed by atoms with Gasteiger partial charge in [0.05, 0.1) is 10.2 Å². The third-order valence-electron chi connectivity index (χ3n) is 3.23. The van der Waals surface area contributed by atoms with E-state index in [-0.39, 0.29) is 8.88 Å². The molecule has 0 saturated heterocycles. The van der Waals surface area contributed by atoms with E-state index < -0.39 is 0 Å². The average molecular weight is 301 g/mol. The molecule has 4 nitrogen and oxygen atoms in total. The lowest BCUT2D eigenvalue weighted by Gasteiger charge is -2.07. The van der Waals surface area contributed by atoms with Crippen molar-refractivity contribution in [3.05, 3.63) is 53.6 Å². The number of amides is 2. The van der Waals surface area contributed by atoms with Gasteiger partial charge in [0.15, 0.2) is 5.13 Å². The highest BCUT2D eigenvalue weighted by molar-refractivity contribution is 7.22. The van der Waals surface area contributed by atoms with E-state index in [1.807, 2.05) is 56.3 Å². The number of fused-ring (bicyclic) bond motifs is 1. The predicted molar refractivity (Wildman–Crippen MR) is 92.4 cm³/mol. The number of benzene rings is 2. The third-order valence-corrected chi connectivity index (χ3v) is 4.17. The number of aryl methyl sites for hydroxylation is 2. The van der Waals surface area contributed by atoms with Crippen LogP contribution >= 0.6 is 11.3 Å². The van der Waals surface area contributed by atoms with Gasteiger partial charge in [-0.3, -0.25) is 5.32 Å². The minimum atomic E-state index is -0.277. The van der Waals surface area contributed by atoms with Crippen LogP contribution in [-0.2, 0) is 0 Å². The number of carbonyl (C=O) groups excluding carboxylic acids is 1. The maximum absolute atomic E-state index is 12.0. The van der Waals surface area contributed by atoms with Crippen molar-refractivity contribution >= 4 is 38.4 Å². The Bertz CT molecular complexity index is 820. The number of urea groups is 1. The van der Waals surface area contributed by atoms with E-state index >= 15 is 0 Å². The molecule has 0 aliphatic carbocycles. The highest BCUT2D eigenvalue weighted by atomic mass is 32.1. The van der Waals surface area contributed by atoms with Crippen molar-refractivity contribution in [2.75, 3.05) is 10.6 Å². The molecule has 0 spiro atoms. The molecule has 2 aromatic carbocycles. The lowest BCUT2D eigenvalue weighted by atomic mass is 10.2. The van der Waals surface area contributed by atoms with E-state index in [0.29, 0.717) is 5.13 Å². The van der Waals surface area contributed by atoms with Gasteiger partial charge in [-0.15, -0.1) is 0 Å². The Kier molecular flexibility index (Phi) is 3.58. The zero-order valence-electron chi connectivity index (χ0n) is 11.8. The molecule has 0 radical (unpaired) electrons. The van der Waals surface area contributed by atoms with Gasteiger partial charge in [-0.2, -0.15) is 0 Å². The van der Waals surface area contributed by atoms with Crippen LogP contribution in [-0.4, -0.2) is 11.0 Å². The summed E-state index contributed by atoms with van der Waals surface area (Å²) in [6.07, 6.45) is 0. The van der Waals surface area contributed by atoms with E-state index in [2.05, 4.69) is 15.6 Å². The summed E-state index contributed by atoms with van der Waals surface area (Å²) in [5.74, 6) is 0. The van der Waals surface area contributed by atoms with E-state index in [1.165, 1.54) is 11.3 Å². The Labute approximate surface area is 129 Å². The SMILES string of the molecule is Cc1ccccc1NC(=O)Nc1nc2c(C)cccc2s1.[HH].[HH]. The zero-order valence-corrected chi connectivity index (χ0v) is 12.6. The number of rotatable bonds is 2. The minimum absolute atomic E-state index is 0. The van der Waals surface area contributed by atoms with E-state index in [9.17, 15) is 4.79 Å². The van der Waals surface area contributed by atoms with Crippen LogP contribution in [0.5, 0.6) is 0 Å². The zero-order chi connectivity index (χ0) is 14.8. The molecule has 3 aromatic rings. The number of aromatic nitrogens is 1. The lowest BCUT2D eigenvalue weighted by Crippen LogP contribution is -2.19. The Hall–Kier alpha value is -2.40. The van der Waals surface area contributed by atoms with Crippen molar-refractivity contribution in [2.24, 2.45) is 0 Å². The second kappa shape index (κ2) is 5.54. The third kappa shape index (κ3) is 2.87. The van der Waals surface area contributed by atoms with Gasteiger partial charge in [-0.25, -0.2) is 9.78 Å². The minimum Gasteiger partial charge on any atom is -0.307 e. The number of nitrogens with zero attached hydrogens (tertiary/aromatic N) is 1. The first kappa shape index (κ1) is 13.6. The number of hydrogen-bond donors (Lipinski definition) is 2. The molecular formula is C16H19N3OS. The van der Waals surface area contributed by atoms with Crippen molar-refractivity contribution < 1.29 is 7.65 Å². The topological polar surface area (TPSA) is 54.0 Å². The molecule has 0 saturated carbocycles. The second-order valence-corrected chi connectivity index (χ2v) is 5.87. The summed E-state index contributed by atoms with van der Waals surface area (Å²) in [4.78, 5) is 16.5. The molecule has 2 amide bonds. The van der Waals surface area contributed by atoms with Gasteiger partial charge in [0.1, 0.15) is 0 Å². The van der Waals surface area contributed by atoms with Crippen molar-refractivity contribution in [3.63, 3.8) is 0 Å². The Balaban J connectivity index is 0.00000132. The first-order chi connectivity index (χ1) is 10.1. The summed E-state index contributed by atoms with van der Waals surface area (Å²) in [5.41, 5.74) is 3.87. The van der Waals surface area contributed by atoms with Crippen LogP contribution in [0, 0.1) is 13.8 Å². The molecule has 0 unspecified atom stereocenters. The fourth-order valence-electron chi connectivity index (χ4n) is 2.10. The maximum atomic E-state index is 12.0. The molecule has 0 bridgehead atoms. The predicted octanol–water partition coefficient (Wildman–Crippen LogP) is 5.05. The van der Waals surface area contributed by atoms with E-state index in [0.717, 1.165) is 27.0 Å². The summed E-state index contributed by atoms with van der Waals surface area (Å²) in [5, 5.41) is 6.23. The first-order valence-electron chi connectivity index (χ1n) is 6.63. The Morgan fingerprint density at radius 3 is 2.57 bits per heavy atom. The molecule has 1 aromatic heterocycles. The molecule has 5 heteroatoms. The highest BCUT2D eigenvalue weighted by Gasteiger charge is 2.09.